The molecular weight excluding hydrogens is 420 g/mol. The highest BCUT2D eigenvalue weighted by atomic mass is 16.5. The molecule has 2 aromatic heterocycles. The lowest BCUT2D eigenvalue weighted by atomic mass is 10.1. The second-order valence-corrected chi connectivity index (χ2v) is 7.81. The van der Waals surface area contributed by atoms with Gasteiger partial charge >= 0.3 is 0 Å². The maximum absolute atomic E-state index is 13.3. The van der Waals surface area contributed by atoms with Crippen molar-refractivity contribution in [3.63, 3.8) is 0 Å². The molecule has 33 heavy (non-hydrogen) atoms. The molecule has 168 valence electrons. The summed E-state index contributed by atoms with van der Waals surface area (Å²) in [5.74, 6) is 1.71. The number of ether oxygens (including phenoxy) is 2. The second-order valence-electron chi connectivity index (χ2n) is 7.81. The van der Waals surface area contributed by atoms with Gasteiger partial charge in [-0.15, -0.1) is 10.2 Å². The van der Waals surface area contributed by atoms with Crippen molar-refractivity contribution in [2.24, 2.45) is 0 Å². The first-order chi connectivity index (χ1) is 16.2. The Morgan fingerprint density at radius 3 is 2.67 bits per heavy atom. The summed E-state index contributed by atoms with van der Waals surface area (Å²) in [6.07, 6.45) is 5.68. The van der Waals surface area contributed by atoms with Crippen LogP contribution in [0.5, 0.6) is 11.5 Å². The molecule has 0 atom stereocenters. The molecule has 9 nitrogen and oxygen atoms in total. The van der Waals surface area contributed by atoms with Crippen molar-refractivity contribution in [3.05, 3.63) is 72.4 Å². The van der Waals surface area contributed by atoms with E-state index in [1.807, 2.05) is 41.0 Å². The van der Waals surface area contributed by atoms with Gasteiger partial charge in [0.15, 0.2) is 5.82 Å². The van der Waals surface area contributed by atoms with Gasteiger partial charge in [0.05, 0.1) is 32.0 Å². The number of amides is 1. The van der Waals surface area contributed by atoms with Gasteiger partial charge in [-0.05, 0) is 43.2 Å². The van der Waals surface area contributed by atoms with Crippen molar-refractivity contribution in [2.75, 3.05) is 14.2 Å². The van der Waals surface area contributed by atoms with Gasteiger partial charge in [-0.25, -0.2) is 4.68 Å². The molecule has 0 unspecified atom stereocenters. The zero-order chi connectivity index (χ0) is 22.8. The van der Waals surface area contributed by atoms with Crippen LogP contribution in [0, 0.1) is 0 Å². The standard InChI is InChI=1S/C24H24N6O3/c1-32-18-10-11-21(33-2)19(12-18)23-20(14-30(28-23)17-6-4-3-5-7-17)24(31)25-13-22-27-26-15-29(22)16-8-9-16/h3-7,10-12,14-16H,8-9,13H2,1-2H3,(H,25,31). The summed E-state index contributed by atoms with van der Waals surface area (Å²) in [4.78, 5) is 13.3. The summed E-state index contributed by atoms with van der Waals surface area (Å²) in [5.41, 5.74) is 2.42. The number of aromatic nitrogens is 5. The average Bonchev–Trinajstić information content (AvgIpc) is 3.42. The third-order valence-corrected chi connectivity index (χ3v) is 5.64. The minimum absolute atomic E-state index is 0.262. The molecule has 1 aliphatic rings. The maximum Gasteiger partial charge on any atom is 0.255 e. The predicted molar refractivity (Wildman–Crippen MR) is 122 cm³/mol. The summed E-state index contributed by atoms with van der Waals surface area (Å²) in [6.45, 7) is 0.278. The minimum Gasteiger partial charge on any atom is -0.497 e. The Hall–Kier alpha value is -4.14. The molecule has 0 spiro atoms. The van der Waals surface area contributed by atoms with E-state index in [4.69, 9.17) is 14.6 Å². The topological polar surface area (TPSA) is 96.1 Å². The van der Waals surface area contributed by atoms with Crippen LogP contribution in [0.15, 0.2) is 61.1 Å². The van der Waals surface area contributed by atoms with E-state index < -0.39 is 0 Å². The molecule has 0 bridgehead atoms. The van der Waals surface area contributed by atoms with E-state index in [9.17, 15) is 4.79 Å². The van der Waals surface area contributed by atoms with E-state index in [0.717, 1.165) is 24.4 Å². The first kappa shape index (κ1) is 20.7. The minimum atomic E-state index is -0.262. The second kappa shape index (κ2) is 8.78. The SMILES string of the molecule is COc1ccc(OC)c(-c2nn(-c3ccccc3)cc2C(=O)NCc2nncn2C2CC2)c1. The fourth-order valence-electron chi connectivity index (χ4n) is 3.76. The van der Waals surface area contributed by atoms with Crippen LogP contribution in [0.4, 0.5) is 0 Å². The summed E-state index contributed by atoms with van der Waals surface area (Å²) in [6, 6.07) is 15.5. The third kappa shape index (κ3) is 4.17. The van der Waals surface area contributed by atoms with Gasteiger partial charge in [-0.2, -0.15) is 5.10 Å². The van der Waals surface area contributed by atoms with Gasteiger partial charge in [0.1, 0.15) is 23.5 Å². The Morgan fingerprint density at radius 2 is 1.94 bits per heavy atom. The third-order valence-electron chi connectivity index (χ3n) is 5.64. The van der Waals surface area contributed by atoms with Gasteiger partial charge in [0.25, 0.3) is 5.91 Å². The quantitative estimate of drug-likeness (QED) is 0.447. The number of para-hydroxylation sites is 1. The molecule has 1 N–H and O–H groups in total. The molecule has 4 aromatic rings. The Balaban J connectivity index is 1.52. The lowest BCUT2D eigenvalue weighted by Crippen LogP contribution is -2.25. The number of nitrogens with one attached hydrogen (secondary N) is 1. The van der Waals surface area contributed by atoms with Crippen molar-refractivity contribution in [3.8, 4) is 28.4 Å². The molecular formula is C24H24N6O3. The van der Waals surface area contributed by atoms with Crippen LogP contribution in [-0.4, -0.2) is 44.7 Å². The van der Waals surface area contributed by atoms with Crippen LogP contribution >= 0.6 is 0 Å². The first-order valence-electron chi connectivity index (χ1n) is 10.7. The predicted octanol–water partition coefficient (Wildman–Crippen LogP) is 3.41. The maximum atomic E-state index is 13.3. The lowest BCUT2D eigenvalue weighted by molar-refractivity contribution is 0.0950. The van der Waals surface area contributed by atoms with Crippen LogP contribution in [0.25, 0.3) is 16.9 Å². The van der Waals surface area contributed by atoms with E-state index in [1.165, 1.54) is 0 Å². The van der Waals surface area contributed by atoms with Crippen molar-refractivity contribution in [2.45, 2.75) is 25.4 Å². The molecule has 0 saturated heterocycles. The van der Waals surface area contributed by atoms with Crippen molar-refractivity contribution >= 4 is 5.91 Å². The molecule has 2 heterocycles. The highest BCUT2D eigenvalue weighted by molar-refractivity contribution is 6.00. The van der Waals surface area contributed by atoms with E-state index in [0.29, 0.717) is 34.4 Å². The number of carbonyl (C=O) groups excluding carboxylic acids is 1. The van der Waals surface area contributed by atoms with Gasteiger partial charge in [0.2, 0.25) is 0 Å². The van der Waals surface area contributed by atoms with Crippen molar-refractivity contribution in [1.29, 1.82) is 0 Å². The Labute approximate surface area is 191 Å². The summed E-state index contributed by atoms with van der Waals surface area (Å²) >= 11 is 0. The highest BCUT2D eigenvalue weighted by Crippen LogP contribution is 2.36. The number of hydrogen-bond acceptors (Lipinski definition) is 6. The molecule has 2 aromatic carbocycles. The summed E-state index contributed by atoms with van der Waals surface area (Å²) in [7, 11) is 3.18. The molecule has 1 amide bonds. The van der Waals surface area contributed by atoms with Crippen LogP contribution < -0.4 is 14.8 Å². The summed E-state index contributed by atoms with van der Waals surface area (Å²) < 4.78 is 14.7. The van der Waals surface area contributed by atoms with Gasteiger partial charge in [-0.3, -0.25) is 4.79 Å². The molecule has 1 aliphatic carbocycles. The molecule has 9 heteroatoms. The number of carbonyl (C=O) groups is 1. The molecule has 0 radical (unpaired) electrons. The molecule has 0 aliphatic heterocycles. The Bertz CT molecular complexity index is 1280. The normalized spacial score (nSPS) is 13.0. The van der Waals surface area contributed by atoms with Crippen LogP contribution in [-0.2, 0) is 6.54 Å². The van der Waals surface area contributed by atoms with E-state index in [2.05, 4.69) is 15.5 Å². The van der Waals surface area contributed by atoms with Crippen LogP contribution in [0.3, 0.4) is 0 Å². The van der Waals surface area contributed by atoms with E-state index in [-0.39, 0.29) is 12.5 Å². The van der Waals surface area contributed by atoms with Gasteiger partial charge in [0, 0.05) is 17.8 Å². The number of rotatable bonds is 8. The zero-order valence-corrected chi connectivity index (χ0v) is 18.4. The average molecular weight is 444 g/mol. The largest absolute Gasteiger partial charge is 0.497 e. The number of hydrogen-bond donors (Lipinski definition) is 1. The first-order valence-corrected chi connectivity index (χ1v) is 10.7. The smallest absolute Gasteiger partial charge is 0.255 e. The zero-order valence-electron chi connectivity index (χ0n) is 18.4. The number of nitrogens with zero attached hydrogens (tertiary/aromatic N) is 5. The van der Waals surface area contributed by atoms with Gasteiger partial charge in [-0.1, -0.05) is 18.2 Å². The molecule has 1 saturated carbocycles. The monoisotopic (exact) mass is 444 g/mol. The molecule has 1 fully saturated rings. The lowest BCUT2D eigenvalue weighted by Gasteiger charge is -2.11. The van der Waals surface area contributed by atoms with Gasteiger partial charge < -0.3 is 19.4 Å². The molecule has 5 rings (SSSR count). The van der Waals surface area contributed by atoms with Crippen LogP contribution in [0.1, 0.15) is 35.1 Å². The summed E-state index contributed by atoms with van der Waals surface area (Å²) in [5, 5.41) is 15.9. The Kier molecular flexibility index (Phi) is 5.52. The van der Waals surface area contributed by atoms with Crippen molar-refractivity contribution < 1.29 is 14.3 Å². The Morgan fingerprint density at radius 1 is 1.12 bits per heavy atom. The van der Waals surface area contributed by atoms with Crippen molar-refractivity contribution in [1.82, 2.24) is 29.9 Å². The fourth-order valence-corrected chi connectivity index (χ4v) is 3.76. The van der Waals surface area contributed by atoms with E-state index in [1.54, 1.807) is 43.6 Å². The van der Waals surface area contributed by atoms with E-state index >= 15 is 0 Å². The number of methoxy groups -OCH3 is 2. The van der Waals surface area contributed by atoms with Crippen LogP contribution in [0.2, 0.25) is 0 Å². The highest BCUT2D eigenvalue weighted by Gasteiger charge is 2.27. The number of benzene rings is 2. The fraction of sp³-hybridized carbons (Fsp3) is 0.250.